The highest BCUT2D eigenvalue weighted by atomic mass is 16.5. The predicted molar refractivity (Wildman–Crippen MR) is 64.0 cm³/mol. The molecule has 4 nitrogen and oxygen atoms in total. The third-order valence-electron chi connectivity index (χ3n) is 3.12. The van der Waals surface area contributed by atoms with E-state index in [4.69, 9.17) is 10.5 Å². The smallest absolute Gasteiger partial charge is 0.220 e. The minimum absolute atomic E-state index is 0.0975. The lowest BCUT2D eigenvalue weighted by atomic mass is 9.89. The van der Waals surface area contributed by atoms with Gasteiger partial charge in [0.25, 0.3) is 0 Å². The van der Waals surface area contributed by atoms with Crippen molar-refractivity contribution < 1.29 is 9.53 Å². The number of nitrogens with one attached hydrogen (secondary N) is 1. The van der Waals surface area contributed by atoms with Gasteiger partial charge in [-0.1, -0.05) is 13.8 Å². The average Bonchev–Trinajstić information content (AvgIpc) is 2.27. The maximum absolute atomic E-state index is 11.7. The van der Waals surface area contributed by atoms with E-state index in [1.54, 1.807) is 0 Å². The number of hydrogen-bond acceptors (Lipinski definition) is 3. The second kappa shape index (κ2) is 6.21. The first-order chi connectivity index (χ1) is 7.53. The van der Waals surface area contributed by atoms with E-state index in [1.165, 1.54) is 0 Å². The number of rotatable bonds is 5. The lowest BCUT2D eigenvalue weighted by Crippen LogP contribution is -2.36. The van der Waals surface area contributed by atoms with Gasteiger partial charge in [0.05, 0.1) is 0 Å². The molecule has 0 bridgehead atoms. The molecule has 0 unspecified atom stereocenters. The van der Waals surface area contributed by atoms with Crippen molar-refractivity contribution >= 4 is 5.91 Å². The van der Waals surface area contributed by atoms with Gasteiger partial charge in [-0.05, 0) is 30.7 Å². The third-order valence-corrected chi connectivity index (χ3v) is 3.12. The quantitative estimate of drug-likeness (QED) is 0.735. The Morgan fingerprint density at radius 3 is 2.62 bits per heavy atom. The molecule has 1 rings (SSSR count). The number of hydrogen-bond donors (Lipinski definition) is 2. The minimum atomic E-state index is -0.0975. The summed E-state index contributed by atoms with van der Waals surface area (Å²) in [6, 6.07) is 0. The van der Waals surface area contributed by atoms with Crippen LogP contribution in [0.1, 0.15) is 33.1 Å². The third kappa shape index (κ3) is 4.94. The van der Waals surface area contributed by atoms with E-state index in [1.807, 2.05) is 13.8 Å². The molecule has 4 heteroatoms. The van der Waals surface area contributed by atoms with Gasteiger partial charge in [0.2, 0.25) is 5.91 Å². The van der Waals surface area contributed by atoms with Gasteiger partial charge in [-0.15, -0.1) is 0 Å². The van der Waals surface area contributed by atoms with Crippen molar-refractivity contribution in [1.29, 1.82) is 0 Å². The highest BCUT2D eigenvalue weighted by Crippen LogP contribution is 2.18. The Hall–Kier alpha value is -0.610. The molecule has 1 amide bonds. The fourth-order valence-electron chi connectivity index (χ4n) is 1.78. The van der Waals surface area contributed by atoms with E-state index in [9.17, 15) is 4.79 Å². The molecule has 0 aromatic rings. The van der Waals surface area contributed by atoms with Crippen molar-refractivity contribution in [2.24, 2.45) is 17.1 Å². The van der Waals surface area contributed by atoms with Gasteiger partial charge in [0, 0.05) is 26.2 Å². The molecule has 1 fully saturated rings. The number of ether oxygens (including phenoxy) is 1. The van der Waals surface area contributed by atoms with Gasteiger partial charge in [0.15, 0.2) is 0 Å². The maximum Gasteiger partial charge on any atom is 0.220 e. The van der Waals surface area contributed by atoms with Crippen LogP contribution in [0.4, 0.5) is 0 Å². The van der Waals surface area contributed by atoms with Crippen LogP contribution in [0.3, 0.4) is 0 Å². The van der Waals surface area contributed by atoms with Gasteiger partial charge >= 0.3 is 0 Å². The summed E-state index contributed by atoms with van der Waals surface area (Å²) in [5.74, 6) is 0.695. The summed E-state index contributed by atoms with van der Waals surface area (Å²) in [6.07, 6.45) is 2.62. The summed E-state index contributed by atoms with van der Waals surface area (Å²) in [7, 11) is 0. The Kier molecular flexibility index (Phi) is 5.22. The fourth-order valence-corrected chi connectivity index (χ4v) is 1.78. The molecule has 1 saturated heterocycles. The van der Waals surface area contributed by atoms with Crippen LogP contribution < -0.4 is 11.1 Å². The van der Waals surface area contributed by atoms with Gasteiger partial charge in [-0.3, -0.25) is 4.79 Å². The summed E-state index contributed by atoms with van der Waals surface area (Å²) >= 11 is 0. The van der Waals surface area contributed by atoms with Crippen LogP contribution in [-0.2, 0) is 9.53 Å². The molecular formula is C12H24N2O2. The standard InChI is InChI=1S/C12H24N2O2/c1-12(2,9-13)7-11(15)14-8-10-3-5-16-6-4-10/h10H,3-9,13H2,1-2H3,(H,14,15). The van der Waals surface area contributed by atoms with Crippen LogP contribution in [0.25, 0.3) is 0 Å². The summed E-state index contributed by atoms with van der Waals surface area (Å²) in [5, 5.41) is 2.99. The Bertz CT molecular complexity index is 223. The van der Waals surface area contributed by atoms with Gasteiger partial charge < -0.3 is 15.8 Å². The lowest BCUT2D eigenvalue weighted by molar-refractivity contribution is -0.123. The van der Waals surface area contributed by atoms with Crippen molar-refractivity contribution in [2.75, 3.05) is 26.3 Å². The summed E-state index contributed by atoms with van der Waals surface area (Å²) in [4.78, 5) is 11.7. The number of amides is 1. The molecule has 16 heavy (non-hydrogen) atoms. The summed E-state index contributed by atoms with van der Waals surface area (Å²) in [6.45, 7) is 7.01. The van der Waals surface area contributed by atoms with E-state index < -0.39 is 0 Å². The van der Waals surface area contributed by atoms with E-state index in [-0.39, 0.29) is 11.3 Å². The monoisotopic (exact) mass is 228 g/mol. The van der Waals surface area contributed by atoms with Crippen molar-refractivity contribution in [3.8, 4) is 0 Å². The van der Waals surface area contributed by atoms with Crippen molar-refractivity contribution in [1.82, 2.24) is 5.32 Å². The van der Waals surface area contributed by atoms with Crippen molar-refractivity contribution in [3.05, 3.63) is 0 Å². The van der Waals surface area contributed by atoms with Crippen LogP contribution in [0, 0.1) is 11.3 Å². The molecule has 1 aliphatic heterocycles. The zero-order valence-corrected chi connectivity index (χ0v) is 10.4. The van der Waals surface area contributed by atoms with Crippen molar-refractivity contribution in [3.63, 3.8) is 0 Å². The normalized spacial score (nSPS) is 18.4. The zero-order valence-electron chi connectivity index (χ0n) is 10.4. The van der Waals surface area contributed by atoms with E-state index in [2.05, 4.69) is 5.32 Å². The SMILES string of the molecule is CC(C)(CN)CC(=O)NCC1CCOCC1. The van der Waals surface area contributed by atoms with E-state index in [0.29, 0.717) is 18.9 Å². The van der Waals surface area contributed by atoms with Gasteiger partial charge in [-0.25, -0.2) is 0 Å². The molecule has 1 heterocycles. The van der Waals surface area contributed by atoms with Crippen LogP contribution in [0.5, 0.6) is 0 Å². The first-order valence-corrected chi connectivity index (χ1v) is 6.08. The average molecular weight is 228 g/mol. The van der Waals surface area contributed by atoms with Gasteiger partial charge in [0.1, 0.15) is 0 Å². The van der Waals surface area contributed by atoms with E-state index >= 15 is 0 Å². The van der Waals surface area contributed by atoms with Gasteiger partial charge in [-0.2, -0.15) is 0 Å². The summed E-state index contributed by atoms with van der Waals surface area (Å²) < 4.78 is 5.28. The van der Waals surface area contributed by atoms with Crippen LogP contribution in [0.15, 0.2) is 0 Å². The molecular weight excluding hydrogens is 204 g/mol. The Balaban J connectivity index is 2.19. The van der Waals surface area contributed by atoms with Crippen LogP contribution in [0.2, 0.25) is 0 Å². The molecule has 0 atom stereocenters. The predicted octanol–water partition coefficient (Wildman–Crippen LogP) is 0.904. The van der Waals surface area contributed by atoms with Crippen LogP contribution >= 0.6 is 0 Å². The second-order valence-electron chi connectivity index (χ2n) is 5.40. The Labute approximate surface area is 97.9 Å². The second-order valence-corrected chi connectivity index (χ2v) is 5.40. The molecule has 0 aromatic carbocycles. The minimum Gasteiger partial charge on any atom is -0.381 e. The Morgan fingerprint density at radius 1 is 1.44 bits per heavy atom. The molecule has 0 saturated carbocycles. The largest absolute Gasteiger partial charge is 0.381 e. The molecule has 94 valence electrons. The molecule has 3 N–H and O–H groups in total. The molecule has 0 spiro atoms. The molecule has 0 aliphatic carbocycles. The lowest BCUT2D eigenvalue weighted by Gasteiger charge is -2.24. The zero-order chi connectivity index (χ0) is 12.0. The molecule has 1 aliphatic rings. The molecule has 0 aromatic heterocycles. The molecule has 0 radical (unpaired) electrons. The van der Waals surface area contributed by atoms with E-state index in [0.717, 1.165) is 32.6 Å². The highest BCUT2D eigenvalue weighted by Gasteiger charge is 2.21. The first kappa shape index (κ1) is 13.5. The maximum atomic E-state index is 11.7. The summed E-state index contributed by atoms with van der Waals surface area (Å²) in [5.41, 5.74) is 5.50. The number of nitrogens with two attached hydrogens (primary N) is 1. The van der Waals surface area contributed by atoms with Crippen molar-refractivity contribution in [2.45, 2.75) is 33.1 Å². The highest BCUT2D eigenvalue weighted by molar-refractivity contribution is 5.76. The fraction of sp³-hybridized carbons (Fsp3) is 0.917. The van der Waals surface area contributed by atoms with Crippen LogP contribution in [-0.4, -0.2) is 32.2 Å². The Morgan fingerprint density at radius 2 is 2.06 bits per heavy atom. The number of carbonyl (C=O) groups excluding carboxylic acids is 1. The first-order valence-electron chi connectivity index (χ1n) is 6.08. The number of carbonyl (C=O) groups is 1. The topological polar surface area (TPSA) is 64.4 Å².